The Labute approximate surface area is 193 Å². The molecule has 1 amide bonds. The molecule has 1 aliphatic heterocycles. The van der Waals surface area contributed by atoms with Crippen LogP contribution in [0.3, 0.4) is 0 Å². The summed E-state index contributed by atoms with van der Waals surface area (Å²) in [6, 6.07) is 10.2. The van der Waals surface area contributed by atoms with Crippen LogP contribution in [0.1, 0.15) is 6.92 Å². The Kier molecular flexibility index (Phi) is 6.88. The molecule has 2 aromatic carbocycles. The second-order valence-electron chi connectivity index (χ2n) is 7.11. The van der Waals surface area contributed by atoms with Crippen molar-refractivity contribution in [3.63, 3.8) is 0 Å². The number of benzene rings is 2. The van der Waals surface area contributed by atoms with Crippen molar-refractivity contribution in [3.8, 4) is 11.5 Å². The van der Waals surface area contributed by atoms with Crippen molar-refractivity contribution in [2.75, 3.05) is 32.2 Å². The van der Waals surface area contributed by atoms with Gasteiger partial charge in [-0.2, -0.15) is 0 Å². The van der Waals surface area contributed by atoms with E-state index in [9.17, 15) is 9.59 Å². The maximum Gasteiger partial charge on any atom is 0.262 e. The smallest absolute Gasteiger partial charge is 0.262 e. The molecule has 1 atom stereocenters. The minimum atomic E-state index is -0.527. The average molecular weight is 476 g/mol. The van der Waals surface area contributed by atoms with Crippen LogP contribution in [0.25, 0.3) is 10.9 Å². The summed E-state index contributed by atoms with van der Waals surface area (Å²) < 4.78 is 17.7. The monoisotopic (exact) mass is 475 g/mol. The summed E-state index contributed by atoms with van der Waals surface area (Å²) in [5.74, 6) is 1.01. The Balaban J connectivity index is 1.57. The Morgan fingerprint density at radius 3 is 2.81 bits per heavy atom. The number of anilines is 1. The average Bonchev–Trinajstić information content (AvgIpc) is 2.78. The zero-order valence-corrected chi connectivity index (χ0v) is 19.2. The number of ether oxygens (including phenoxy) is 3. The van der Waals surface area contributed by atoms with E-state index in [1.807, 2.05) is 0 Å². The Hall–Kier alpha value is -2.75. The van der Waals surface area contributed by atoms with Gasteiger partial charge >= 0.3 is 0 Å². The molecule has 32 heavy (non-hydrogen) atoms. The van der Waals surface area contributed by atoms with Gasteiger partial charge in [0.1, 0.15) is 13.2 Å². The second-order valence-corrected chi connectivity index (χ2v) is 8.86. The van der Waals surface area contributed by atoms with Crippen molar-refractivity contribution in [3.05, 3.63) is 51.8 Å². The molecule has 0 spiro atoms. The number of fused-ring (bicyclic) bond motifs is 2. The lowest BCUT2D eigenvalue weighted by atomic mass is 10.2. The Morgan fingerprint density at radius 2 is 2.03 bits per heavy atom. The van der Waals surface area contributed by atoms with Gasteiger partial charge in [-0.05, 0) is 37.3 Å². The first-order valence-electron chi connectivity index (χ1n) is 10.0. The van der Waals surface area contributed by atoms with E-state index in [2.05, 4.69) is 10.3 Å². The van der Waals surface area contributed by atoms with Crippen molar-refractivity contribution in [1.82, 2.24) is 9.55 Å². The third-order valence-corrected chi connectivity index (χ3v) is 6.19. The molecule has 2 heterocycles. The lowest BCUT2D eigenvalue weighted by molar-refractivity contribution is -0.115. The summed E-state index contributed by atoms with van der Waals surface area (Å²) in [5.41, 5.74) is 0.880. The molecule has 0 aliphatic carbocycles. The molecule has 0 radical (unpaired) electrons. The number of aromatic nitrogens is 2. The van der Waals surface area contributed by atoms with E-state index in [-0.39, 0.29) is 11.5 Å². The van der Waals surface area contributed by atoms with Gasteiger partial charge in [-0.25, -0.2) is 4.98 Å². The first-order valence-corrected chi connectivity index (χ1v) is 11.3. The maximum atomic E-state index is 13.0. The van der Waals surface area contributed by atoms with Crippen LogP contribution in [0.4, 0.5) is 5.69 Å². The number of hydrogen-bond donors (Lipinski definition) is 1. The molecule has 4 rings (SSSR count). The largest absolute Gasteiger partial charge is 0.486 e. The molecule has 0 saturated heterocycles. The van der Waals surface area contributed by atoms with Crippen LogP contribution in [0.15, 0.2) is 46.3 Å². The molecule has 0 bridgehead atoms. The van der Waals surface area contributed by atoms with E-state index >= 15 is 0 Å². The molecule has 168 valence electrons. The minimum Gasteiger partial charge on any atom is -0.486 e. The second kappa shape index (κ2) is 9.81. The topological polar surface area (TPSA) is 91.7 Å². The number of methoxy groups -OCH3 is 1. The molecule has 1 aliphatic rings. The van der Waals surface area contributed by atoms with Crippen molar-refractivity contribution in [2.45, 2.75) is 23.9 Å². The zero-order valence-electron chi connectivity index (χ0n) is 17.6. The molecule has 10 heteroatoms. The highest BCUT2D eigenvalue weighted by atomic mass is 35.5. The van der Waals surface area contributed by atoms with Crippen molar-refractivity contribution >= 4 is 45.9 Å². The van der Waals surface area contributed by atoms with Crippen LogP contribution in [0.2, 0.25) is 5.02 Å². The van der Waals surface area contributed by atoms with Crippen LogP contribution >= 0.6 is 23.4 Å². The van der Waals surface area contributed by atoms with Gasteiger partial charge < -0.3 is 19.5 Å². The van der Waals surface area contributed by atoms with Gasteiger partial charge in [-0.1, -0.05) is 23.4 Å². The van der Waals surface area contributed by atoms with Gasteiger partial charge in [0.05, 0.1) is 29.3 Å². The number of hydrogen-bond acceptors (Lipinski definition) is 7. The normalized spacial score (nSPS) is 13.7. The van der Waals surface area contributed by atoms with Crippen LogP contribution < -0.4 is 20.3 Å². The fourth-order valence-corrected chi connectivity index (χ4v) is 4.32. The van der Waals surface area contributed by atoms with Crippen LogP contribution in [0, 0.1) is 0 Å². The first kappa shape index (κ1) is 22.4. The first-order chi connectivity index (χ1) is 15.5. The third kappa shape index (κ3) is 4.85. The van der Waals surface area contributed by atoms with Crippen molar-refractivity contribution in [1.29, 1.82) is 0 Å². The van der Waals surface area contributed by atoms with Crippen LogP contribution in [-0.2, 0) is 16.1 Å². The van der Waals surface area contributed by atoms with Crippen molar-refractivity contribution in [2.24, 2.45) is 0 Å². The van der Waals surface area contributed by atoms with Gasteiger partial charge in [0, 0.05) is 23.9 Å². The van der Waals surface area contributed by atoms with E-state index < -0.39 is 5.25 Å². The standard InChI is InChI=1S/C22H22ClN3O5S/c1-13(20(27)24-15-4-6-18-19(12-15)31-10-9-30-18)32-22-25-17-11-14(23)3-5-16(17)21(28)26(22)7-8-29-2/h3-6,11-13H,7-10H2,1-2H3,(H,24,27). The summed E-state index contributed by atoms with van der Waals surface area (Å²) in [6.45, 7) is 3.38. The SMILES string of the molecule is COCCn1c(SC(C)C(=O)Nc2ccc3c(c2)OCCO3)nc2cc(Cl)ccc2c1=O. The number of rotatable bonds is 7. The molecule has 0 saturated carbocycles. The van der Waals surface area contributed by atoms with Gasteiger partial charge in [-0.3, -0.25) is 14.2 Å². The fraction of sp³-hybridized carbons (Fsp3) is 0.318. The molecule has 3 aromatic rings. The van der Waals surface area contributed by atoms with Crippen molar-refractivity contribution < 1.29 is 19.0 Å². The number of halogens is 1. The highest BCUT2D eigenvalue weighted by molar-refractivity contribution is 8.00. The molecule has 0 fully saturated rings. The molecule has 1 aromatic heterocycles. The van der Waals surface area contributed by atoms with Crippen LogP contribution in [0.5, 0.6) is 11.5 Å². The highest BCUT2D eigenvalue weighted by Gasteiger charge is 2.21. The maximum absolute atomic E-state index is 13.0. The van der Waals surface area contributed by atoms with Gasteiger partial charge in [0.25, 0.3) is 5.56 Å². The quantitative estimate of drug-likeness (QED) is 0.412. The number of amides is 1. The van der Waals surface area contributed by atoms with Gasteiger partial charge in [0.2, 0.25) is 5.91 Å². The van der Waals surface area contributed by atoms with E-state index in [1.54, 1.807) is 50.4 Å². The summed E-state index contributed by atoms with van der Waals surface area (Å²) in [6.07, 6.45) is 0. The number of carbonyl (C=O) groups is 1. The number of nitrogens with zero attached hydrogens (tertiary/aromatic N) is 2. The molecule has 1 unspecified atom stereocenters. The Morgan fingerprint density at radius 1 is 1.25 bits per heavy atom. The molecular weight excluding hydrogens is 454 g/mol. The summed E-state index contributed by atoms with van der Waals surface area (Å²) >= 11 is 7.28. The summed E-state index contributed by atoms with van der Waals surface area (Å²) in [5, 5.41) is 3.72. The number of carbonyl (C=O) groups excluding carboxylic acids is 1. The zero-order chi connectivity index (χ0) is 22.7. The van der Waals surface area contributed by atoms with E-state index in [0.717, 1.165) is 0 Å². The minimum absolute atomic E-state index is 0.203. The third-order valence-electron chi connectivity index (χ3n) is 4.86. The van der Waals surface area contributed by atoms with E-state index in [1.165, 1.54) is 16.3 Å². The number of nitrogens with one attached hydrogen (secondary N) is 1. The highest BCUT2D eigenvalue weighted by Crippen LogP contribution is 2.33. The lowest BCUT2D eigenvalue weighted by Gasteiger charge is -2.20. The predicted molar refractivity (Wildman–Crippen MR) is 124 cm³/mol. The van der Waals surface area contributed by atoms with E-state index in [0.29, 0.717) is 64.6 Å². The van der Waals surface area contributed by atoms with E-state index in [4.69, 9.17) is 25.8 Å². The predicted octanol–water partition coefficient (Wildman–Crippen LogP) is 3.59. The summed E-state index contributed by atoms with van der Waals surface area (Å²) in [7, 11) is 1.56. The molecule has 8 nitrogen and oxygen atoms in total. The molecular formula is C22H22ClN3O5S. The fourth-order valence-electron chi connectivity index (χ4n) is 3.22. The van der Waals surface area contributed by atoms with Crippen LogP contribution in [-0.4, -0.2) is 47.6 Å². The van der Waals surface area contributed by atoms with Gasteiger partial charge in [0.15, 0.2) is 16.7 Å². The van der Waals surface area contributed by atoms with Gasteiger partial charge in [-0.15, -0.1) is 0 Å². The Bertz CT molecular complexity index is 1220. The lowest BCUT2D eigenvalue weighted by Crippen LogP contribution is -2.28. The summed E-state index contributed by atoms with van der Waals surface area (Å²) in [4.78, 5) is 30.5. The number of thioether (sulfide) groups is 1. The molecule has 1 N–H and O–H groups in total.